The van der Waals surface area contributed by atoms with Crippen LogP contribution >= 0.6 is 0 Å². The largest absolute Gasteiger partial charge is 0.496 e. The second-order valence-corrected chi connectivity index (χ2v) is 8.11. The molecule has 172 valence electrons. The standard InChI is InChI=1S/C28H31NO4/c1-20(2)33-18-8-7-11-26(30)25-19-24(16-17-27(25)32-3)29-28(31)23-14-12-22(13-15-23)21-9-5-4-6-10-21/h4-6,9-10,12-17,19-20H,7-8,11,18H2,1-3H3,(H,29,31). The van der Waals surface area contributed by atoms with Crippen molar-refractivity contribution in [3.05, 3.63) is 83.9 Å². The van der Waals surface area contributed by atoms with E-state index in [0.717, 1.165) is 24.0 Å². The Bertz CT molecular complexity index is 1060. The summed E-state index contributed by atoms with van der Waals surface area (Å²) in [6, 6.07) is 22.6. The number of anilines is 1. The van der Waals surface area contributed by atoms with Crippen molar-refractivity contribution >= 4 is 17.4 Å². The number of methoxy groups -OCH3 is 1. The van der Waals surface area contributed by atoms with Crippen molar-refractivity contribution in [3.63, 3.8) is 0 Å². The molecule has 3 aromatic rings. The molecule has 0 bridgehead atoms. The van der Waals surface area contributed by atoms with E-state index in [9.17, 15) is 9.59 Å². The molecule has 0 spiro atoms. The van der Waals surface area contributed by atoms with Gasteiger partial charge in [0.1, 0.15) is 5.75 Å². The van der Waals surface area contributed by atoms with Crippen LogP contribution in [0.4, 0.5) is 5.69 Å². The smallest absolute Gasteiger partial charge is 0.255 e. The molecule has 0 saturated heterocycles. The molecule has 0 radical (unpaired) electrons. The van der Waals surface area contributed by atoms with Crippen molar-refractivity contribution in [2.75, 3.05) is 19.0 Å². The van der Waals surface area contributed by atoms with E-state index in [1.807, 2.05) is 56.3 Å². The van der Waals surface area contributed by atoms with Crippen LogP contribution in [0, 0.1) is 0 Å². The summed E-state index contributed by atoms with van der Waals surface area (Å²) >= 11 is 0. The lowest BCUT2D eigenvalue weighted by molar-refractivity contribution is 0.0748. The fourth-order valence-corrected chi connectivity index (χ4v) is 3.49. The van der Waals surface area contributed by atoms with E-state index in [2.05, 4.69) is 5.32 Å². The summed E-state index contributed by atoms with van der Waals surface area (Å²) in [7, 11) is 1.54. The zero-order chi connectivity index (χ0) is 23.6. The van der Waals surface area contributed by atoms with Crippen molar-refractivity contribution in [1.29, 1.82) is 0 Å². The Morgan fingerprint density at radius 3 is 2.24 bits per heavy atom. The number of carbonyl (C=O) groups is 2. The minimum atomic E-state index is -0.232. The van der Waals surface area contributed by atoms with Crippen molar-refractivity contribution in [1.82, 2.24) is 0 Å². The monoisotopic (exact) mass is 445 g/mol. The number of unbranched alkanes of at least 4 members (excludes halogenated alkanes) is 1. The first-order chi connectivity index (χ1) is 16.0. The highest BCUT2D eigenvalue weighted by atomic mass is 16.5. The first kappa shape index (κ1) is 24.2. The lowest BCUT2D eigenvalue weighted by atomic mass is 10.0. The third-order valence-electron chi connectivity index (χ3n) is 5.26. The minimum absolute atomic E-state index is 0.0142. The van der Waals surface area contributed by atoms with Gasteiger partial charge < -0.3 is 14.8 Å². The molecule has 0 aliphatic rings. The van der Waals surface area contributed by atoms with E-state index in [0.29, 0.717) is 35.6 Å². The SMILES string of the molecule is COc1ccc(NC(=O)c2ccc(-c3ccccc3)cc2)cc1C(=O)CCCCOC(C)C. The first-order valence-electron chi connectivity index (χ1n) is 11.3. The first-order valence-corrected chi connectivity index (χ1v) is 11.3. The lowest BCUT2D eigenvalue weighted by Crippen LogP contribution is -2.13. The maximum atomic E-state index is 12.8. The van der Waals surface area contributed by atoms with Gasteiger partial charge in [-0.05, 0) is 68.1 Å². The molecule has 1 N–H and O–H groups in total. The number of amides is 1. The molecule has 3 rings (SSSR count). The van der Waals surface area contributed by atoms with Crippen LogP contribution in [-0.4, -0.2) is 31.5 Å². The molecule has 33 heavy (non-hydrogen) atoms. The molecule has 0 aliphatic carbocycles. The van der Waals surface area contributed by atoms with E-state index < -0.39 is 0 Å². The average molecular weight is 446 g/mol. The second kappa shape index (κ2) is 12.0. The predicted octanol–water partition coefficient (Wildman–Crippen LogP) is 6.39. The highest BCUT2D eigenvalue weighted by Gasteiger charge is 2.15. The minimum Gasteiger partial charge on any atom is -0.496 e. The number of nitrogens with one attached hydrogen (secondary N) is 1. The fourth-order valence-electron chi connectivity index (χ4n) is 3.49. The Morgan fingerprint density at radius 2 is 1.58 bits per heavy atom. The van der Waals surface area contributed by atoms with E-state index in [1.165, 1.54) is 7.11 Å². The molecule has 0 unspecified atom stereocenters. The number of ketones is 1. The number of Topliss-reactive ketones (excluding diaryl/α,β-unsaturated/α-hetero) is 1. The molecular formula is C28H31NO4. The van der Waals surface area contributed by atoms with Gasteiger partial charge >= 0.3 is 0 Å². The quantitative estimate of drug-likeness (QED) is 0.274. The van der Waals surface area contributed by atoms with Gasteiger partial charge in [-0.25, -0.2) is 0 Å². The van der Waals surface area contributed by atoms with E-state index in [1.54, 1.807) is 30.3 Å². The Balaban J connectivity index is 1.64. The Labute approximate surface area is 195 Å². The van der Waals surface area contributed by atoms with Crippen LogP contribution in [0.15, 0.2) is 72.8 Å². The summed E-state index contributed by atoms with van der Waals surface area (Å²) in [6.45, 7) is 4.63. The van der Waals surface area contributed by atoms with Gasteiger partial charge in [-0.1, -0.05) is 42.5 Å². The Hall–Kier alpha value is -3.44. The molecule has 0 saturated carbocycles. The van der Waals surface area contributed by atoms with Gasteiger partial charge in [0.15, 0.2) is 5.78 Å². The van der Waals surface area contributed by atoms with Gasteiger partial charge in [-0.15, -0.1) is 0 Å². The van der Waals surface area contributed by atoms with Gasteiger partial charge in [-0.2, -0.15) is 0 Å². The number of hydrogen-bond donors (Lipinski definition) is 1. The van der Waals surface area contributed by atoms with Crippen LogP contribution < -0.4 is 10.1 Å². The maximum Gasteiger partial charge on any atom is 0.255 e. The molecule has 3 aromatic carbocycles. The van der Waals surface area contributed by atoms with Gasteiger partial charge in [0.25, 0.3) is 5.91 Å². The molecule has 1 amide bonds. The van der Waals surface area contributed by atoms with E-state index in [4.69, 9.17) is 9.47 Å². The van der Waals surface area contributed by atoms with Crippen LogP contribution in [0.1, 0.15) is 53.8 Å². The van der Waals surface area contributed by atoms with Crippen molar-refractivity contribution in [2.24, 2.45) is 0 Å². The zero-order valence-corrected chi connectivity index (χ0v) is 19.5. The van der Waals surface area contributed by atoms with Crippen molar-refractivity contribution in [2.45, 2.75) is 39.2 Å². The maximum absolute atomic E-state index is 12.8. The van der Waals surface area contributed by atoms with Crippen LogP contribution in [0.25, 0.3) is 11.1 Å². The second-order valence-electron chi connectivity index (χ2n) is 8.11. The van der Waals surface area contributed by atoms with Crippen LogP contribution in [-0.2, 0) is 4.74 Å². The average Bonchev–Trinajstić information content (AvgIpc) is 2.84. The summed E-state index contributed by atoms with van der Waals surface area (Å²) in [6.07, 6.45) is 2.15. The molecular weight excluding hydrogens is 414 g/mol. The number of benzene rings is 3. The third-order valence-corrected chi connectivity index (χ3v) is 5.26. The van der Waals surface area contributed by atoms with Crippen LogP contribution in [0.2, 0.25) is 0 Å². The zero-order valence-electron chi connectivity index (χ0n) is 19.5. The molecule has 5 nitrogen and oxygen atoms in total. The van der Waals surface area contributed by atoms with Crippen molar-refractivity contribution in [3.8, 4) is 16.9 Å². The number of rotatable bonds is 11. The third kappa shape index (κ3) is 7.02. The van der Waals surface area contributed by atoms with Gasteiger partial charge in [0, 0.05) is 24.3 Å². The summed E-state index contributed by atoms with van der Waals surface area (Å²) in [5.41, 5.74) is 3.71. The number of carbonyl (C=O) groups excluding carboxylic acids is 2. The topological polar surface area (TPSA) is 64.6 Å². The molecule has 0 atom stereocenters. The van der Waals surface area contributed by atoms with Crippen LogP contribution in [0.5, 0.6) is 5.75 Å². The molecule has 0 aliphatic heterocycles. The van der Waals surface area contributed by atoms with Crippen molar-refractivity contribution < 1.29 is 19.1 Å². The van der Waals surface area contributed by atoms with Crippen LogP contribution in [0.3, 0.4) is 0 Å². The summed E-state index contributed by atoms with van der Waals surface area (Å²) in [5.74, 6) is 0.257. The van der Waals surface area contributed by atoms with Gasteiger partial charge in [0.05, 0.1) is 18.8 Å². The highest BCUT2D eigenvalue weighted by Crippen LogP contribution is 2.25. The summed E-state index contributed by atoms with van der Waals surface area (Å²) in [4.78, 5) is 25.5. The molecule has 0 aromatic heterocycles. The number of ether oxygens (including phenoxy) is 2. The summed E-state index contributed by atoms with van der Waals surface area (Å²) < 4.78 is 10.9. The number of hydrogen-bond acceptors (Lipinski definition) is 4. The normalized spacial score (nSPS) is 10.8. The Morgan fingerprint density at radius 1 is 0.879 bits per heavy atom. The molecule has 0 fully saturated rings. The van der Waals surface area contributed by atoms with E-state index >= 15 is 0 Å². The molecule has 5 heteroatoms. The highest BCUT2D eigenvalue weighted by molar-refractivity contribution is 6.06. The molecule has 0 heterocycles. The van der Waals surface area contributed by atoms with E-state index in [-0.39, 0.29) is 17.8 Å². The van der Waals surface area contributed by atoms with Gasteiger partial charge in [0.2, 0.25) is 0 Å². The lowest BCUT2D eigenvalue weighted by Gasteiger charge is -2.12. The fraction of sp³-hybridized carbons (Fsp3) is 0.286. The predicted molar refractivity (Wildman–Crippen MR) is 132 cm³/mol. The van der Waals surface area contributed by atoms with Gasteiger partial charge in [-0.3, -0.25) is 9.59 Å². The Kier molecular flexibility index (Phi) is 8.79. The summed E-state index contributed by atoms with van der Waals surface area (Å²) in [5, 5.41) is 2.89.